The minimum Gasteiger partial charge on any atom is -0.485 e. The molecule has 3 unspecified atom stereocenters. The van der Waals surface area contributed by atoms with Gasteiger partial charge in [0.2, 0.25) is 0 Å². The van der Waals surface area contributed by atoms with Crippen molar-refractivity contribution in [2.75, 3.05) is 7.11 Å². The van der Waals surface area contributed by atoms with Crippen molar-refractivity contribution in [3.63, 3.8) is 0 Å². The van der Waals surface area contributed by atoms with Crippen LogP contribution in [0.4, 0.5) is 10.1 Å². The van der Waals surface area contributed by atoms with Crippen LogP contribution >= 0.6 is 11.6 Å². The summed E-state index contributed by atoms with van der Waals surface area (Å²) in [6.07, 6.45) is -0.0744. The van der Waals surface area contributed by atoms with Gasteiger partial charge in [0, 0.05) is 19.1 Å². The summed E-state index contributed by atoms with van der Waals surface area (Å²) in [5.41, 5.74) is 0.0779. The number of ether oxygens (including phenoxy) is 2. The molecule has 1 aromatic carbocycles. The topological polar surface area (TPSA) is 61.6 Å². The Bertz CT molecular complexity index is 511. The predicted molar refractivity (Wildman–Crippen MR) is 67.3 cm³/mol. The molecule has 5 nitrogen and oxygen atoms in total. The standard InChI is InChI=1S/C12H13ClFNO4/c1-6-3-10(8(14)5-9(6)15(16)17)19-11-4-7(13)12(11)18-2/h3,5,7,11-12H,4H2,1-2H3. The highest BCUT2D eigenvalue weighted by Gasteiger charge is 2.42. The van der Waals surface area contributed by atoms with E-state index in [0.717, 1.165) is 6.07 Å². The number of hydrogen-bond acceptors (Lipinski definition) is 4. The molecule has 0 aliphatic heterocycles. The third-order valence-electron chi connectivity index (χ3n) is 3.18. The molecule has 0 amide bonds. The lowest BCUT2D eigenvalue weighted by atomic mass is 9.91. The number of alkyl halides is 1. The molecule has 0 radical (unpaired) electrons. The Labute approximate surface area is 114 Å². The lowest BCUT2D eigenvalue weighted by molar-refractivity contribution is -0.385. The fraction of sp³-hybridized carbons (Fsp3) is 0.500. The molecule has 1 saturated carbocycles. The molecule has 2 rings (SSSR count). The Kier molecular flexibility index (Phi) is 3.91. The summed E-state index contributed by atoms with van der Waals surface area (Å²) >= 11 is 5.93. The van der Waals surface area contributed by atoms with Crippen LogP contribution < -0.4 is 4.74 Å². The third-order valence-corrected chi connectivity index (χ3v) is 3.60. The van der Waals surface area contributed by atoms with Crippen LogP contribution in [0, 0.1) is 22.9 Å². The van der Waals surface area contributed by atoms with Crippen LogP contribution in [-0.2, 0) is 4.74 Å². The van der Waals surface area contributed by atoms with E-state index in [1.54, 1.807) is 0 Å². The maximum absolute atomic E-state index is 13.7. The summed E-state index contributed by atoms with van der Waals surface area (Å²) in [5, 5.41) is 10.5. The second-order valence-electron chi connectivity index (χ2n) is 4.43. The van der Waals surface area contributed by atoms with Crippen LogP contribution in [-0.4, -0.2) is 29.6 Å². The first kappa shape index (κ1) is 14.0. The number of nitro groups is 1. The SMILES string of the molecule is COC1C(Cl)CC1Oc1cc(C)c([N+](=O)[O-])cc1F. The monoisotopic (exact) mass is 289 g/mol. The lowest BCUT2D eigenvalue weighted by Gasteiger charge is -2.39. The Morgan fingerprint density at radius 3 is 2.74 bits per heavy atom. The highest BCUT2D eigenvalue weighted by molar-refractivity contribution is 6.21. The van der Waals surface area contributed by atoms with Crippen molar-refractivity contribution >= 4 is 17.3 Å². The molecule has 1 fully saturated rings. The van der Waals surface area contributed by atoms with Crippen LogP contribution in [0.25, 0.3) is 0 Å². The molecule has 0 heterocycles. The van der Waals surface area contributed by atoms with E-state index in [9.17, 15) is 14.5 Å². The van der Waals surface area contributed by atoms with Crippen molar-refractivity contribution in [3.05, 3.63) is 33.6 Å². The van der Waals surface area contributed by atoms with Gasteiger partial charge < -0.3 is 9.47 Å². The van der Waals surface area contributed by atoms with E-state index in [4.69, 9.17) is 21.1 Å². The second kappa shape index (κ2) is 5.30. The van der Waals surface area contributed by atoms with Gasteiger partial charge in [-0.15, -0.1) is 11.6 Å². The van der Waals surface area contributed by atoms with E-state index in [2.05, 4.69) is 0 Å². The van der Waals surface area contributed by atoms with Gasteiger partial charge in [-0.25, -0.2) is 4.39 Å². The minimum absolute atomic E-state index is 0.0151. The largest absolute Gasteiger partial charge is 0.485 e. The summed E-state index contributed by atoms with van der Waals surface area (Å²) < 4.78 is 24.3. The summed E-state index contributed by atoms with van der Waals surface area (Å²) in [5.74, 6) is -0.774. The van der Waals surface area contributed by atoms with Gasteiger partial charge in [0.05, 0.1) is 16.4 Å². The first-order chi connectivity index (χ1) is 8.93. The molecule has 0 N–H and O–H groups in total. The molecule has 104 valence electrons. The summed E-state index contributed by atoms with van der Waals surface area (Å²) in [6, 6.07) is 2.19. The first-order valence-corrected chi connectivity index (χ1v) is 6.15. The fourth-order valence-corrected chi connectivity index (χ4v) is 2.48. The number of aryl methyl sites for hydroxylation is 1. The normalized spacial score (nSPS) is 25.8. The van der Waals surface area contributed by atoms with E-state index in [-0.39, 0.29) is 29.0 Å². The summed E-state index contributed by atoms with van der Waals surface area (Å²) in [6.45, 7) is 1.53. The zero-order chi connectivity index (χ0) is 14.2. The summed E-state index contributed by atoms with van der Waals surface area (Å²) in [4.78, 5) is 10.1. The van der Waals surface area contributed by atoms with Crippen LogP contribution in [0.1, 0.15) is 12.0 Å². The van der Waals surface area contributed by atoms with Crippen molar-refractivity contribution in [3.8, 4) is 5.75 Å². The van der Waals surface area contributed by atoms with Crippen molar-refractivity contribution in [1.29, 1.82) is 0 Å². The second-order valence-corrected chi connectivity index (χ2v) is 5.00. The van der Waals surface area contributed by atoms with Gasteiger partial charge in [-0.2, -0.15) is 0 Å². The number of nitro benzene ring substituents is 1. The average molecular weight is 290 g/mol. The van der Waals surface area contributed by atoms with E-state index in [1.807, 2.05) is 0 Å². The van der Waals surface area contributed by atoms with Gasteiger partial charge in [-0.1, -0.05) is 0 Å². The summed E-state index contributed by atoms with van der Waals surface area (Å²) in [7, 11) is 1.51. The molecule has 0 bridgehead atoms. The van der Waals surface area contributed by atoms with Gasteiger partial charge in [0.15, 0.2) is 11.6 Å². The van der Waals surface area contributed by atoms with E-state index in [1.165, 1.54) is 20.1 Å². The number of hydrogen-bond donors (Lipinski definition) is 0. The molecule has 1 aliphatic rings. The molecule has 7 heteroatoms. The smallest absolute Gasteiger partial charge is 0.275 e. The third kappa shape index (κ3) is 2.64. The van der Waals surface area contributed by atoms with Crippen LogP contribution in [0.5, 0.6) is 5.75 Å². The van der Waals surface area contributed by atoms with E-state index >= 15 is 0 Å². The maximum atomic E-state index is 13.7. The number of nitrogens with zero attached hydrogens (tertiary/aromatic N) is 1. The van der Waals surface area contributed by atoms with Gasteiger partial charge in [0.25, 0.3) is 5.69 Å². The number of methoxy groups -OCH3 is 1. The van der Waals surface area contributed by atoms with Crippen LogP contribution in [0.3, 0.4) is 0 Å². The molecular weight excluding hydrogens is 277 g/mol. The average Bonchev–Trinajstić information content (AvgIpc) is 2.32. The van der Waals surface area contributed by atoms with Crippen LogP contribution in [0.2, 0.25) is 0 Å². The van der Waals surface area contributed by atoms with E-state index in [0.29, 0.717) is 12.0 Å². The van der Waals surface area contributed by atoms with Gasteiger partial charge in [0.1, 0.15) is 12.2 Å². The molecule has 1 aromatic rings. The zero-order valence-electron chi connectivity index (χ0n) is 10.4. The Balaban J connectivity index is 2.18. The maximum Gasteiger partial charge on any atom is 0.275 e. The molecule has 0 aromatic heterocycles. The highest BCUT2D eigenvalue weighted by Crippen LogP contribution is 2.35. The quantitative estimate of drug-likeness (QED) is 0.486. The minimum atomic E-state index is -0.759. The molecule has 0 saturated heterocycles. The predicted octanol–water partition coefficient (Wildman–Crippen LogP) is 2.82. The molecule has 1 aliphatic carbocycles. The zero-order valence-corrected chi connectivity index (χ0v) is 11.2. The fourth-order valence-electron chi connectivity index (χ4n) is 2.04. The van der Waals surface area contributed by atoms with Crippen molar-refractivity contribution in [2.24, 2.45) is 0 Å². The number of rotatable bonds is 4. The van der Waals surface area contributed by atoms with Gasteiger partial charge in [-0.3, -0.25) is 10.1 Å². The van der Waals surface area contributed by atoms with Gasteiger partial charge >= 0.3 is 0 Å². The molecule has 0 spiro atoms. The Morgan fingerprint density at radius 1 is 1.53 bits per heavy atom. The highest BCUT2D eigenvalue weighted by atomic mass is 35.5. The Hall–Kier alpha value is -1.40. The van der Waals surface area contributed by atoms with Crippen LogP contribution in [0.15, 0.2) is 12.1 Å². The molecule has 19 heavy (non-hydrogen) atoms. The molecule has 3 atom stereocenters. The van der Waals surface area contributed by atoms with E-state index < -0.39 is 10.7 Å². The number of benzene rings is 1. The van der Waals surface area contributed by atoms with Crippen molar-refractivity contribution < 1.29 is 18.8 Å². The van der Waals surface area contributed by atoms with Gasteiger partial charge in [-0.05, 0) is 13.0 Å². The first-order valence-electron chi connectivity index (χ1n) is 5.72. The molecular formula is C12H13ClFNO4. The lowest BCUT2D eigenvalue weighted by Crippen LogP contribution is -2.52. The van der Waals surface area contributed by atoms with Crippen molar-refractivity contribution in [1.82, 2.24) is 0 Å². The number of halogens is 2. The Morgan fingerprint density at radius 2 is 2.21 bits per heavy atom. The van der Waals surface area contributed by atoms with Crippen molar-refractivity contribution in [2.45, 2.75) is 30.9 Å².